The van der Waals surface area contributed by atoms with Gasteiger partial charge in [-0.15, -0.1) is 0 Å². The molecule has 0 aliphatic rings. The maximum Gasteiger partial charge on any atom is 0.266 e. The molecule has 0 spiro atoms. The summed E-state index contributed by atoms with van der Waals surface area (Å²) in [5.74, 6) is 0. The van der Waals surface area contributed by atoms with Crippen LogP contribution in [-0.2, 0) is 0 Å². The lowest BCUT2D eigenvalue weighted by Gasteiger charge is -2.02. The van der Waals surface area contributed by atoms with Crippen LogP contribution >= 0.6 is 27.5 Å². The van der Waals surface area contributed by atoms with Crippen LogP contribution in [-0.4, -0.2) is 9.97 Å². The minimum atomic E-state index is -0.283. The molecule has 0 radical (unpaired) electrons. The first-order valence-electron chi connectivity index (χ1n) is 4.19. The first-order valence-corrected chi connectivity index (χ1v) is 5.36. The Morgan fingerprint density at radius 3 is 2.60 bits per heavy atom. The van der Waals surface area contributed by atoms with E-state index in [0.717, 1.165) is 5.56 Å². The number of halogens is 2. The summed E-state index contributed by atoms with van der Waals surface area (Å²) >= 11 is 8.87. The van der Waals surface area contributed by atoms with Gasteiger partial charge in [0.15, 0.2) is 0 Å². The second kappa shape index (κ2) is 4.16. The summed E-state index contributed by atoms with van der Waals surface area (Å²) < 4.78 is 0.387. The van der Waals surface area contributed by atoms with Gasteiger partial charge in [0.05, 0.1) is 5.69 Å². The minimum Gasteiger partial charge on any atom is -0.296 e. The van der Waals surface area contributed by atoms with E-state index in [1.165, 1.54) is 0 Å². The average Bonchev–Trinajstić information content (AvgIpc) is 2.24. The van der Waals surface area contributed by atoms with Gasteiger partial charge in [0, 0.05) is 5.56 Å². The molecule has 1 aromatic carbocycles. The highest BCUT2D eigenvalue weighted by atomic mass is 79.9. The molecule has 0 bridgehead atoms. The largest absolute Gasteiger partial charge is 0.296 e. The molecule has 2 aromatic rings. The smallest absolute Gasteiger partial charge is 0.266 e. The van der Waals surface area contributed by atoms with Crippen molar-refractivity contribution in [3.63, 3.8) is 0 Å². The quantitative estimate of drug-likeness (QED) is 0.819. The topological polar surface area (TPSA) is 45.8 Å². The Hall–Kier alpha value is -1.13. The van der Waals surface area contributed by atoms with Gasteiger partial charge in [-0.2, -0.15) is 0 Å². The van der Waals surface area contributed by atoms with E-state index >= 15 is 0 Å². The number of hydrogen-bond acceptors (Lipinski definition) is 2. The predicted molar refractivity (Wildman–Crippen MR) is 63.0 cm³/mol. The van der Waals surface area contributed by atoms with Crippen molar-refractivity contribution < 1.29 is 0 Å². The fourth-order valence-corrected chi connectivity index (χ4v) is 1.81. The summed E-state index contributed by atoms with van der Waals surface area (Å²) in [5.41, 5.74) is 1.11. The maximum atomic E-state index is 11.4. The van der Waals surface area contributed by atoms with Gasteiger partial charge in [-0.3, -0.25) is 9.78 Å². The van der Waals surface area contributed by atoms with Gasteiger partial charge in [-0.1, -0.05) is 30.3 Å². The van der Waals surface area contributed by atoms with E-state index in [2.05, 4.69) is 25.9 Å². The highest BCUT2D eigenvalue weighted by Gasteiger charge is 2.09. The Kier molecular flexibility index (Phi) is 2.88. The van der Waals surface area contributed by atoms with Crippen molar-refractivity contribution in [2.24, 2.45) is 0 Å². The third-order valence-corrected chi connectivity index (χ3v) is 2.80. The van der Waals surface area contributed by atoms with Crippen molar-refractivity contribution in [3.05, 3.63) is 50.4 Å². The second-order valence-corrected chi connectivity index (χ2v) is 4.04. The lowest BCUT2D eigenvalue weighted by atomic mass is 10.1. The van der Waals surface area contributed by atoms with Gasteiger partial charge in [0.2, 0.25) is 5.28 Å². The van der Waals surface area contributed by atoms with Crippen molar-refractivity contribution in [1.82, 2.24) is 9.97 Å². The summed E-state index contributed by atoms with van der Waals surface area (Å²) in [6.07, 6.45) is 0. The molecule has 0 amide bonds. The molecule has 0 saturated heterocycles. The number of nitrogens with zero attached hydrogens (tertiary/aromatic N) is 1. The Labute approximate surface area is 99.3 Å². The molecule has 76 valence electrons. The minimum absolute atomic E-state index is 0.0852. The normalized spacial score (nSPS) is 10.3. The number of H-pyrrole nitrogens is 1. The first-order chi connectivity index (χ1) is 7.18. The van der Waals surface area contributed by atoms with Crippen LogP contribution in [0.5, 0.6) is 0 Å². The molecule has 0 fully saturated rings. The lowest BCUT2D eigenvalue weighted by molar-refractivity contribution is 1.10. The molecule has 1 aromatic heterocycles. The number of benzene rings is 1. The molecule has 3 nitrogen and oxygen atoms in total. The molecular formula is C10H6BrClN2O. The highest BCUT2D eigenvalue weighted by molar-refractivity contribution is 9.10. The van der Waals surface area contributed by atoms with Crippen LogP contribution in [0.15, 0.2) is 39.6 Å². The van der Waals surface area contributed by atoms with Crippen LogP contribution in [0.25, 0.3) is 11.3 Å². The summed E-state index contributed by atoms with van der Waals surface area (Å²) in [4.78, 5) is 17.9. The number of rotatable bonds is 1. The molecule has 0 atom stereocenters. The van der Waals surface area contributed by atoms with E-state index in [-0.39, 0.29) is 10.8 Å². The molecule has 0 aliphatic heterocycles. The van der Waals surface area contributed by atoms with E-state index in [4.69, 9.17) is 11.6 Å². The third kappa shape index (κ3) is 2.11. The Morgan fingerprint density at radius 1 is 1.27 bits per heavy atom. The highest BCUT2D eigenvalue weighted by Crippen LogP contribution is 2.23. The molecule has 0 aliphatic carbocycles. The Bertz CT molecular complexity index is 539. The molecule has 1 heterocycles. The number of nitrogens with one attached hydrogen (secondary N) is 1. The molecule has 1 N–H and O–H groups in total. The second-order valence-electron chi connectivity index (χ2n) is 2.89. The fourth-order valence-electron chi connectivity index (χ4n) is 1.22. The molecule has 0 saturated carbocycles. The fraction of sp³-hybridized carbons (Fsp3) is 0. The van der Waals surface area contributed by atoms with E-state index in [0.29, 0.717) is 10.2 Å². The number of aromatic amines is 1. The first kappa shape index (κ1) is 10.4. The molecule has 2 rings (SSSR count). The van der Waals surface area contributed by atoms with Gasteiger partial charge in [0.25, 0.3) is 5.56 Å². The predicted octanol–water partition coefficient (Wildman–Crippen LogP) is 2.85. The van der Waals surface area contributed by atoms with Crippen molar-refractivity contribution in [2.45, 2.75) is 0 Å². The summed E-state index contributed by atoms with van der Waals surface area (Å²) in [5, 5.41) is 0.0852. The molecule has 5 heteroatoms. The van der Waals surface area contributed by atoms with Gasteiger partial charge in [-0.25, -0.2) is 4.98 Å². The van der Waals surface area contributed by atoms with Crippen LogP contribution in [0.1, 0.15) is 0 Å². The van der Waals surface area contributed by atoms with Crippen LogP contribution in [0.4, 0.5) is 0 Å². The van der Waals surface area contributed by atoms with Crippen molar-refractivity contribution in [1.29, 1.82) is 0 Å². The van der Waals surface area contributed by atoms with Crippen molar-refractivity contribution in [3.8, 4) is 11.3 Å². The van der Waals surface area contributed by atoms with Crippen LogP contribution in [0, 0.1) is 0 Å². The number of aromatic nitrogens is 2. The van der Waals surface area contributed by atoms with Crippen LogP contribution in [0.3, 0.4) is 0 Å². The third-order valence-electron chi connectivity index (χ3n) is 1.88. The van der Waals surface area contributed by atoms with E-state index in [9.17, 15) is 4.79 Å². The standard InChI is InChI=1S/C10H6BrClN2O/c11-7-8(6-4-2-1-3-5-6)13-10(12)14-9(7)15/h1-5H,(H,13,14,15). The number of hydrogen-bond donors (Lipinski definition) is 1. The molecular weight excluding hydrogens is 279 g/mol. The molecule has 15 heavy (non-hydrogen) atoms. The SMILES string of the molecule is O=c1[nH]c(Cl)nc(-c2ccccc2)c1Br. The van der Waals surface area contributed by atoms with Crippen molar-refractivity contribution in [2.75, 3.05) is 0 Å². The zero-order valence-electron chi connectivity index (χ0n) is 7.50. The van der Waals surface area contributed by atoms with E-state index < -0.39 is 0 Å². The summed E-state index contributed by atoms with van der Waals surface area (Å²) in [6, 6.07) is 9.37. The average molecular weight is 286 g/mol. The summed E-state index contributed by atoms with van der Waals surface area (Å²) in [6.45, 7) is 0. The van der Waals surface area contributed by atoms with E-state index in [1.807, 2.05) is 30.3 Å². The maximum absolute atomic E-state index is 11.4. The van der Waals surface area contributed by atoms with Gasteiger partial charge >= 0.3 is 0 Å². The zero-order valence-corrected chi connectivity index (χ0v) is 9.84. The van der Waals surface area contributed by atoms with Gasteiger partial charge < -0.3 is 0 Å². The Morgan fingerprint density at radius 2 is 1.93 bits per heavy atom. The lowest BCUT2D eigenvalue weighted by Crippen LogP contribution is -2.09. The van der Waals surface area contributed by atoms with Crippen LogP contribution < -0.4 is 5.56 Å². The summed E-state index contributed by atoms with van der Waals surface area (Å²) in [7, 11) is 0. The van der Waals surface area contributed by atoms with Gasteiger partial charge in [-0.05, 0) is 27.5 Å². The molecule has 0 unspecified atom stereocenters. The Balaban J connectivity index is 2.68. The van der Waals surface area contributed by atoms with Gasteiger partial charge in [0.1, 0.15) is 4.47 Å². The zero-order chi connectivity index (χ0) is 10.8. The van der Waals surface area contributed by atoms with Crippen molar-refractivity contribution >= 4 is 27.5 Å². The monoisotopic (exact) mass is 284 g/mol. The van der Waals surface area contributed by atoms with Crippen LogP contribution in [0.2, 0.25) is 5.28 Å². The van der Waals surface area contributed by atoms with E-state index in [1.54, 1.807) is 0 Å².